The molecule has 1 N–H and O–H groups in total. The lowest BCUT2D eigenvalue weighted by Crippen LogP contribution is -2.33. The monoisotopic (exact) mass is 264 g/mol. The van der Waals surface area contributed by atoms with Gasteiger partial charge in [-0.1, -0.05) is 27.7 Å². The molecule has 0 aliphatic carbocycles. The zero-order valence-corrected chi connectivity index (χ0v) is 13.0. The van der Waals surface area contributed by atoms with E-state index in [9.17, 15) is 0 Å². The first-order valence-corrected chi connectivity index (χ1v) is 7.31. The van der Waals surface area contributed by atoms with Crippen molar-refractivity contribution < 1.29 is 4.74 Å². The maximum Gasteiger partial charge on any atom is 0.137 e. The summed E-state index contributed by atoms with van der Waals surface area (Å²) in [5.41, 5.74) is 1.34. The number of hydrogen-bond acceptors (Lipinski definition) is 3. The van der Waals surface area contributed by atoms with Gasteiger partial charge < -0.3 is 10.1 Å². The Kier molecular flexibility index (Phi) is 6.29. The zero-order valence-electron chi connectivity index (χ0n) is 13.0. The largest absolute Gasteiger partial charge is 0.492 e. The molecule has 1 aromatic heterocycles. The highest BCUT2D eigenvalue weighted by atomic mass is 16.5. The molecule has 1 aromatic rings. The normalized spacial score (nSPS) is 13.3. The molecular weight excluding hydrogens is 236 g/mol. The maximum absolute atomic E-state index is 5.67. The van der Waals surface area contributed by atoms with Gasteiger partial charge in [0.2, 0.25) is 0 Å². The molecule has 0 amide bonds. The minimum absolute atomic E-state index is 0.0974. The van der Waals surface area contributed by atoms with E-state index >= 15 is 0 Å². The Labute approximate surface area is 117 Å². The highest BCUT2D eigenvalue weighted by molar-refractivity contribution is 5.29. The molecule has 3 heteroatoms. The highest BCUT2D eigenvalue weighted by Gasteiger charge is 2.24. The highest BCUT2D eigenvalue weighted by Crippen LogP contribution is 2.30. The van der Waals surface area contributed by atoms with Gasteiger partial charge in [-0.05, 0) is 43.4 Å². The Bertz CT molecular complexity index is 377. The molecule has 0 aromatic carbocycles. The van der Waals surface area contributed by atoms with E-state index in [1.165, 1.54) is 5.56 Å². The molecule has 108 valence electrons. The fourth-order valence-electron chi connectivity index (χ4n) is 2.39. The molecule has 1 unspecified atom stereocenters. The molecule has 3 nitrogen and oxygen atoms in total. The summed E-state index contributed by atoms with van der Waals surface area (Å²) >= 11 is 0. The van der Waals surface area contributed by atoms with Crippen molar-refractivity contribution in [2.24, 2.45) is 0 Å². The first kappa shape index (κ1) is 16.0. The molecule has 1 rings (SSSR count). The van der Waals surface area contributed by atoms with Crippen LogP contribution in [0.4, 0.5) is 0 Å². The quantitative estimate of drug-likeness (QED) is 0.780. The minimum Gasteiger partial charge on any atom is -0.492 e. The van der Waals surface area contributed by atoms with E-state index in [0.29, 0.717) is 6.04 Å². The van der Waals surface area contributed by atoms with Crippen LogP contribution in [0.25, 0.3) is 0 Å². The van der Waals surface area contributed by atoms with E-state index in [0.717, 1.165) is 31.7 Å². The summed E-state index contributed by atoms with van der Waals surface area (Å²) in [6.45, 7) is 12.8. The number of pyridine rings is 1. The number of ether oxygens (including phenoxy) is 1. The van der Waals surface area contributed by atoms with Crippen LogP contribution in [0.15, 0.2) is 18.5 Å². The molecule has 0 spiro atoms. The van der Waals surface area contributed by atoms with Crippen LogP contribution >= 0.6 is 0 Å². The van der Waals surface area contributed by atoms with Crippen molar-refractivity contribution in [2.45, 2.75) is 58.9 Å². The Balaban J connectivity index is 2.76. The van der Waals surface area contributed by atoms with E-state index in [1.807, 2.05) is 6.20 Å². The van der Waals surface area contributed by atoms with Gasteiger partial charge in [-0.15, -0.1) is 0 Å². The van der Waals surface area contributed by atoms with Gasteiger partial charge in [-0.25, -0.2) is 0 Å². The first-order valence-electron chi connectivity index (χ1n) is 7.31. The van der Waals surface area contributed by atoms with Crippen LogP contribution in [-0.2, 0) is 5.41 Å². The number of nitrogens with zero attached hydrogens (tertiary/aromatic N) is 1. The van der Waals surface area contributed by atoms with Gasteiger partial charge in [0.15, 0.2) is 0 Å². The van der Waals surface area contributed by atoms with Crippen molar-refractivity contribution in [3.8, 4) is 5.75 Å². The van der Waals surface area contributed by atoms with E-state index in [-0.39, 0.29) is 5.41 Å². The van der Waals surface area contributed by atoms with Gasteiger partial charge in [-0.2, -0.15) is 0 Å². The molecule has 19 heavy (non-hydrogen) atoms. The van der Waals surface area contributed by atoms with Crippen LogP contribution in [0, 0.1) is 0 Å². The lowest BCUT2D eigenvalue weighted by molar-refractivity contribution is 0.314. The summed E-state index contributed by atoms with van der Waals surface area (Å²) in [7, 11) is 0. The van der Waals surface area contributed by atoms with E-state index < -0.39 is 0 Å². The molecule has 0 bridgehead atoms. The van der Waals surface area contributed by atoms with Crippen LogP contribution in [0.2, 0.25) is 0 Å². The second-order valence-corrected chi connectivity index (χ2v) is 5.80. The lowest BCUT2D eigenvalue weighted by atomic mass is 9.80. The van der Waals surface area contributed by atoms with E-state index in [2.05, 4.69) is 51.0 Å². The van der Waals surface area contributed by atoms with Crippen molar-refractivity contribution in [3.63, 3.8) is 0 Å². The molecular formula is C16H28N2O. The van der Waals surface area contributed by atoms with Gasteiger partial charge in [0.25, 0.3) is 0 Å². The fraction of sp³-hybridized carbons (Fsp3) is 0.688. The third-order valence-corrected chi connectivity index (χ3v) is 3.34. The third-order valence-electron chi connectivity index (χ3n) is 3.34. The molecule has 0 fully saturated rings. The smallest absolute Gasteiger partial charge is 0.137 e. The van der Waals surface area contributed by atoms with E-state index in [1.54, 1.807) is 6.20 Å². The van der Waals surface area contributed by atoms with Crippen LogP contribution < -0.4 is 10.1 Å². The molecule has 0 aliphatic heterocycles. The predicted molar refractivity (Wildman–Crippen MR) is 80.8 cm³/mol. The Hall–Kier alpha value is -1.09. The van der Waals surface area contributed by atoms with Crippen molar-refractivity contribution in [2.75, 3.05) is 13.2 Å². The summed E-state index contributed by atoms with van der Waals surface area (Å²) in [5, 5.41) is 3.47. The van der Waals surface area contributed by atoms with Crippen molar-refractivity contribution in [3.05, 3.63) is 24.0 Å². The predicted octanol–water partition coefficient (Wildman–Crippen LogP) is 3.54. The minimum atomic E-state index is 0.0974. The lowest BCUT2D eigenvalue weighted by Gasteiger charge is -2.29. The molecule has 0 saturated carbocycles. The number of nitrogens with one attached hydrogen (secondary N) is 1. The first-order chi connectivity index (χ1) is 8.99. The van der Waals surface area contributed by atoms with Gasteiger partial charge in [0, 0.05) is 12.2 Å². The SMILES string of the molecule is CCCOc1cncc(C(C)(C)CC(C)NCC)c1. The third kappa shape index (κ3) is 5.19. The topological polar surface area (TPSA) is 34.1 Å². The second kappa shape index (κ2) is 7.49. The summed E-state index contributed by atoms with van der Waals surface area (Å²) in [5.74, 6) is 0.878. The van der Waals surface area contributed by atoms with Gasteiger partial charge in [-0.3, -0.25) is 4.98 Å². The molecule has 1 heterocycles. The zero-order chi connectivity index (χ0) is 14.3. The number of rotatable bonds is 8. The summed E-state index contributed by atoms with van der Waals surface area (Å²) in [4.78, 5) is 4.31. The molecule has 0 aliphatic rings. The van der Waals surface area contributed by atoms with Crippen LogP contribution in [0.3, 0.4) is 0 Å². The molecule has 1 atom stereocenters. The Morgan fingerprint density at radius 2 is 2.05 bits per heavy atom. The van der Waals surface area contributed by atoms with Gasteiger partial charge >= 0.3 is 0 Å². The molecule has 0 saturated heterocycles. The van der Waals surface area contributed by atoms with Crippen LogP contribution in [0.5, 0.6) is 5.75 Å². The second-order valence-electron chi connectivity index (χ2n) is 5.80. The van der Waals surface area contributed by atoms with Crippen LogP contribution in [0.1, 0.15) is 53.0 Å². The molecule has 0 radical (unpaired) electrons. The van der Waals surface area contributed by atoms with Crippen molar-refractivity contribution in [1.82, 2.24) is 10.3 Å². The van der Waals surface area contributed by atoms with Crippen molar-refractivity contribution in [1.29, 1.82) is 0 Å². The standard InChI is InChI=1S/C16H28N2O/c1-6-8-19-15-9-14(11-17-12-15)16(4,5)10-13(3)18-7-2/h9,11-13,18H,6-8,10H2,1-5H3. The van der Waals surface area contributed by atoms with Gasteiger partial charge in [0.05, 0.1) is 12.8 Å². The summed E-state index contributed by atoms with van der Waals surface area (Å²) in [6, 6.07) is 2.63. The average molecular weight is 264 g/mol. The summed E-state index contributed by atoms with van der Waals surface area (Å²) in [6.07, 6.45) is 5.85. The van der Waals surface area contributed by atoms with Crippen LogP contribution in [-0.4, -0.2) is 24.2 Å². The Morgan fingerprint density at radius 3 is 2.68 bits per heavy atom. The summed E-state index contributed by atoms with van der Waals surface area (Å²) < 4.78 is 5.67. The maximum atomic E-state index is 5.67. The number of hydrogen-bond donors (Lipinski definition) is 1. The van der Waals surface area contributed by atoms with Gasteiger partial charge in [0.1, 0.15) is 5.75 Å². The fourth-order valence-corrected chi connectivity index (χ4v) is 2.39. The number of aromatic nitrogens is 1. The average Bonchev–Trinajstić information content (AvgIpc) is 2.36. The Morgan fingerprint density at radius 1 is 1.32 bits per heavy atom. The van der Waals surface area contributed by atoms with E-state index in [4.69, 9.17) is 4.74 Å². The van der Waals surface area contributed by atoms with Crippen molar-refractivity contribution >= 4 is 0 Å².